The first-order valence-electron chi connectivity index (χ1n) is 6.64. The van der Waals surface area contributed by atoms with E-state index in [1.165, 1.54) is 5.56 Å². The number of hydrogen-bond donors (Lipinski definition) is 1. The summed E-state index contributed by atoms with van der Waals surface area (Å²) in [4.78, 5) is 0. The fraction of sp³-hybridized carbons (Fsp3) is 0.600. The average molecular weight is 270 g/mol. The summed E-state index contributed by atoms with van der Waals surface area (Å²) in [6.45, 7) is 7.13. The summed E-state index contributed by atoms with van der Waals surface area (Å²) >= 11 is 6.31. The molecule has 1 aromatic carbocycles. The van der Waals surface area contributed by atoms with E-state index >= 15 is 0 Å². The van der Waals surface area contributed by atoms with Gasteiger partial charge in [0.05, 0.1) is 0 Å². The summed E-state index contributed by atoms with van der Waals surface area (Å²) in [5.41, 5.74) is 1.22. The molecule has 2 unspecified atom stereocenters. The van der Waals surface area contributed by atoms with Gasteiger partial charge in [-0.2, -0.15) is 0 Å². The Labute approximate surface area is 116 Å². The maximum atomic E-state index is 6.31. The molecule has 18 heavy (non-hydrogen) atoms. The molecule has 0 radical (unpaired) electrons. The van der Waals surface area contributed by atoms with Crippen molar-refractivity contribution in [3.8, 4) is 0 Å². The lowest BCUT2D eigenvalue weighted by atomic mass is 9.87. The van der Waals surface area contributed by atoms with Crippen molar-refractivity contribution in [3.05, 3.63) is 34.9 Å². The van der Waals surface area contributed by atoms with Gasteiger partial charge in [0.15, 0.2) is 0 Å². The third-order valence-corrected chi connectivity index (χ3v) is 3.56. The third kappa shape index (κ3) is 4.60. The minimum atomic E-state index is 0.394. The minimum Gasteiger partial charge on any atom is -0.384 e. The van der Waals surface area contributed by atoms with Crippen LogP contribution in [-0.4, -0.2) is 26.8 Å². The van der Waals surface area contributed by atoms with E-state index in [0.717, 1.165) is 31.1 Å². The van der Waals surface area contributed by atoms with Crippen LogP contribution in [0.25, 0.3) is 0 Å². The fourth-order valence-corrected chi connectivity index (χ4v) is 2.48. The van der Waals surface area contributed by atoms with Crippen molar-refractivity contribution in [3.63, 3.8) is 0 Å². The monoisotopic (exact) mass is 269 g/mol. The van der Waals surface area contributed by atoms with E-state index in [2.05, 4.69) is 25.2 Å². The summed E-state index contributed by atoms with van der Waals surface area (Å²) in [6.07, 6.45) is 1.15. The first kappa shape index (κ1) is 15.5. The van der Waals surface area contributed by atoms with Gasteiger partial charge in [0.25, 0.3) is 0 Å². The van der Waals surface area contributed by atoms with Crippen molar-refractivity contribution in [1.29, 1.82) is 0 Å². The Kier molecular flexibility index (Phi) is 7.33. The van der Waals surface area contributed by atoms with Crippen LogP contribution in [0, 0.1) is 5.92 Å². The molecule has 0 amide bonds. The zero-order valence-corrected chi connectivity index (χ0v) is 12.3. The topological polar surface area (TPSA) is 21.3 Å². The van der Waals surface area contributed by atoms with E-state index < -0.39 is 0 Å². The van der Waals surface area contributed by atoms with E-state index in [4.69, 9.17) is 16.3 Å². The number of ether oxygens (including phenoxy) is 1. The molecule has 0 aliphatic carbocycles. The van der Waals surface area contributed by atoms with Crippen molar-refractivity contribution >= 4 is 11.6 Å². The number of halogens is 1. The predicted molar refractivity (Wildman–Crippen MR) is 78.4 cm³/mol. The molecule has 0 fully saturated rings. The van der Waals surface area contributed by atoms with Gasteiger partial charge >= 0.3 is 0 Å². The van der Waals surface area contributed by atoms with Gasteiger partial charge in [-0.3, -0.25) is 0 Å². The summed E-state index contributed by atoms with van der Waals surface area (Å²) in [6, 6.07) is 8.10. The Balaban J connectivity index is 2.79. The van der Waals surface area contributed by atoms with Gasteiger partial charge in [0, 0.05) is 31.2 Å². The molecule has 3 heteroatoms. The largest absolute Gasteiger partial charge is 0.384 e. The molecule has 1 aromatic rings. The van der Waals surface area contributed by atoms with Gasteiger partial charge in [-0.05, 0) is 30.5 Å². The first-order valence-corrected chi connectivity index (χ1v) is 7.02. The molecule has 2 atom stereocenters. The van der Waals surface area contributed by atoms with Crippen LogP contribution in [0.4, 0.5) is 0 Å². The molecule has 2 nitrogen and oxygen atoms in total. The van der Waals surface area contributed by atoms with Crippen LogP contribution in [-0.2, 0) is 4.74 Å². The second kappa shape index (κ2) is 8.52. The molecule has 0 aliphatic rings. The number of benzene rings is 1. The normalized spacial score (nSPS) is 14.4. The zero-order chi connectivity index (χ0) is 13.4. The zero-order valence-electron chi connectivity index (χ0n) is 11.6. The first-order chi connectivity index (χ1) is 8.70. The Bertz CT molecular complexity index is 343. The van der Waals surface area contributed by atoms with Gasteiger partial charge in [0.2, 0.25) is 0 Å². The van der Waals surface area contributed by atoms with Crippen LogP contribution in [0.2, 0.25) is 5.02 Å². The molecule has 0 aliphatic heterocycles. The average Bonchev–Trinajstić information content (AvgIpc) is 2.36. The maximum absolute atomic E-state index is 6.31. The van der Waals surface area contributed by atoms with Crippen LogP contribution >= 0.6 is 11.6 Å². The summed E-state index contributed by atoms with van der Waals surface area (Å²) < 4.78 is 5.28. The molecule has 0 bridgehead atoms. The molecule has 102 valence electrons. The smallest absolute Gasteiger partial charge is 0.0494 e. The summed E-state index contributed by atoms with van der Waals surface area (Å²) in [5, 5.41) is 4.34. The Morgan fingerprint density at radius 2 is 2.06 bits per heavy atom. The SMILES string of the molecule is CCCNCC(c1ccccc1Cl)C(C)COC. The number of nitrogens with one attached hydrogen (secondary N) is 1. The molecule has 1 rings (SSSR count). The third-order valence-electron chi connectivity index (χ3n) is 3.21. The van der Waals surface area contributed by atoms with Gasteiger partial charge < -0.3 is 10.1 Å². The van der Waals surface area contributed by atoms with E-state index in [-0.39, 0.29) is 0 Å². The summed E-state index contributed by atoms with van der Waals surface area (Å²) in [7, 11) is 1.75. The molecule has 0 saturated carbocycles. The maximum Gasteiger partial charge on any atom is 0.0494 e. The molecule has 0 aromatic heterocycles. The highest BCUT2D eigenvalue weighted by atomic mass is 35.5. The standard InChI is InChI=1S/C15H24ClNO/c1-4-9-17-10-14(12(2)11-18-3)13-7-5-6-8-15(13)16/h5-8,12,14,17H,4,9-11H2,1-3H3. The summed E-state index contributed by atoms with van der Waals surface area (Å²) in [5.74, 6) is 0.837. The van der Waals surface area contributed by atoms with E-state index in [0.29, 0.717) is 11.8 Å². The Morgan fingerprint density at radius 3 is 2.67 bits per heavy atom. The van der Waals surface area contributed by atoms with Crippen LogP contribution < -0.4 is 5.32 Å². The molecule has 0 saturated heterocycles. The van der Waals surface area contributed by atoms with E-state index in [1.807, 2.05) is 18.2 Å². The van der Waals surface area contributed by atoms with Gasteiger partial charge in [0.1, 0.15) is 0 Å². The molecular formula is C15H24ClNO. The number of methoxy groups -OCH3 is 1. The Morgan fingerprint density at radius 1 is 1.33 bits per heavy atom. The van der Waals surface area contributed by atoms with Crippen molar-refractivity contribution in [2.75, 3.05) is 26.8 Å². The van der Waals surface area contributed by atoms with Crippen molar-refractivity contribution < 1.29 is 4.74 Å². The Hall–Kier alpha value is -0.570. The van der Waals surface area contributed by atoms with Crippen molar-refractivity contribution in [2.24, 2.45) is 5.92 Å². The molecule has 1 N–H and O–H groups in total. The number of rotatable bonds is 8. The van der Waals surface area contributed by atoms with Crippen LogP contribution in [0.5, 0.6) is 0 Å². The number of hydrogen-bond acceptors (Lipinski definition) is 2. The van der Waals surface area contributed by atoms with Crippen LogP contribution in [0.1, 0.15) is 31.7 Å². The molecule has 0 heterocycles. The molecular weight excluding hydrogens is 246 g/mol. The minimum absolute atomic E-state index is 0.394. The fourth-order valence-electron chi connectivity index (χ4n) is 2.21. The second-order valence-electron chi connectivity index (χ2n) is 4.76. The second-order valence-corrected chi connectivity index (χ2v) is 5.17. The van der Waals surface area contributed by atoms with Crippen molar-refractivity contribution in [2.45, 2.75) is 26.2 Å². The lowest BCUT2D eigenvalue weighted by Gasteiger charge is -2.25. The highest BCUT2D eigenvalue weighted by Crippen LogP contribution is 2.30. The van der Waals surface area contributed by atoms with Crippen molar-refractivity contribution in [1.82, 2.24) is 5.32 Å². The van der Waals surface area contributed by atoms with Gasteiger partial charge in [-0.25, -0.2) is 0 Å². The van der Waals surface area contributed by atoms with E-state index in [9.17, 15) is 0 Å². The van der Waals surface area contributed by atoms with Crippen LogP contribution in [0.15, 0.2) is 24.3 Å². The predicted octanol–water partition coefficient (Wildman–Crippen LogP) is 3.71. The molecule has 0 spiro atoms. The van der Waals surface area contributed by atoms with Crippen LogP contribution in [0.3, 0.4) is 0 Å². The van der Waals surface area contributed by atoms with E-state index in [1.54, 1.807) is 7.11 Å². The highest BCUT2D eigenvalue weighted by molar-refractivity contribution is 6.31. The van der Waals surface area contributed by atoms with Gasteiger partial charge in [-0.1, -0.05) is 43.6 Å². The van der Waals surface area contributed by atoms with Gasteiger partial charge in [-0.15, -0.1) is 0 Å². The lowest BCUT2D eigenvalue weighted by molar-refractivity contribution is 0.146. The lowest BCUT2D eigenvalue weighted by Crippen LogP contribution is -2.28. The highest BCUT2D eigenvalue weighted by Gasteiger charge is 2.20. The quantitative estimate of drug-likeness (QED) is 0.727.